The zero-order chi connectivity index (χ0) is 20.0. The SMILES string of the molecule is Cc1cccn2c(CC(=O)NC[C@H]3[C@@H]4CNC[C@@H](C4)c4cccc(=O)n43)cnc12.Cl.Cl. The average molecular weight is 464 g/mol. The number of fused-ring (bicyclic) bond motifs is 5. The van der Waals surface area contributed by atoms with Crippen LogP contribution < -0.4 is 16.2 Å². The summed E-state index contributed by atoms with van der Waals surface area (Å²) in [7, 11) is 0. The van der Waals surface area contributed by atoms with E-state index in [4.69, 9.17) is 0 Å². The molecule has 2 N–H and O–H groups in total. The van der Waals surface area contributed by atoms with E-state index in [-0.39, 0.29) is 48.7 Å². The van der Waals surface area contributed by atoms with Gasteiger partial charge in [-0.3, -0.25) is 9.59 Å². The fourth-order valence-electron chi connectivity index (χ4n) is 4.95. The molecule has 0 aliphatic carbocycles. The number of piperidine rings is 1. The van der Waals surface area contributed by atoms with Gasteiger partial charge in [0.25, 0.3) is 5.56 Å². The second-order valence-electron chi connectivity index (χ2n) is 8.19. The molecule has 2 aliphatic heterocycles. The van der Waals surface area contributed by atoms with E-state index in [1.165, 1.54) is 0 Å². The van der Waals surface area contributed by atoms with E-state index in [2.05, 4.69) is 15.6 Å². The Hall–Kier alpha value is -2.35. The lowest BCUT2D eigenvalue weighted by atomic mass is 9.79. The highest BCUT2D eigenvalue weighted by atomic mass is 35.5. The summed E-state index contributed by atoms with van der Waals surface area (Å²) in [5.74, 6) is 0.667. The maximum absolute atomic E-state index is 12.7. The highest BCUT2D eigenvalue weighted by molar-refractivity contribution is 5.85. The number of pyridine rings is 2. The number of nitrogens with zero attached hydrogens (tertiary/aromatic N) is 3. The molecule has 3 aromatic rings. The number of hydrogen-bond donors (Lipinski definition) is 2. The van der Waals surface area contributed by atoms with Crippen LogP contribution in [0.4, 0.5) is 0 Å². The Morgan fingerprint density at radius 3 is 2.90 bits per heavy atom. The number of hydrogen-bond acceptors (Lipinski definition) is 4. The number of nitrogens with one attached hydrogen (secondary N) is 2. The van der Waals surface area contributed by atoms with Gasteiger partial charge in [0.1, 0.15) is 5.65 Å². The molecule has 5 heterocycles. The maximum Gasteiger partial charge on any atom is 0.251 e. The molecule has 0 unspecified atom stereocenters. The van der Waals surface area contributed by atoms with E-state index in [1.54, 1.807) is 12.3 Å². The zero-order valence-corrected chi connectivity index (χ0v) is 18.9. The van der Waals surface area contributed by atoms with E-state index in [0.717, 1.165) is 42.1 Å². The van der Waals surface area contributed by atoms with Crippen molar-refractivity contribution in [3.63, 3.8) is 0 Å². The molecule has 9 heteroatoms. The molecule has 166 valence electrons. The fourth-order valence-corrected chi connectivity index (χ4v) is 4.95. The Morgan fingerprint density at radius 1 is 1.23 bits per heavy atom. The number of imidazole rings is 1. The average Bonchev–Trinajstić information content (AvgIpc) is 3.13. The molecule has 0 aromatic carbocycles. The van der Waals surface area contributed by atoms with Crippen molar-refractivity contribution in [2.45, 2.75) is 31.7 Å². The molecule has 5 rings (SSSR count). The summed E-state index contributed by atoms with van der Waals surface area (Å²) in [4.78, 5) is 29.7. The van der Waals surface area contributed by atoms with Gasteiger partial charge in [-0.05, 0) is 37.0 Å². The van der Waals surface area contributed by atoms with Crippen molar-refractivity contribution >= 4 is 36.4 Å². The minimum atomic E-state index is -0.0512. The molecule has 0 radical (unpaired) electrons. The summed E-state index contributed by atoms with van der Waals surface area (Å²) >= 11 is 0. The zero-order valence-electron chi connectivity index (χ0n) is 17.3. The van der Waals surface area contributed by atoms with Crippen LogP contribution in [0, 0.1) is 12.8 Å². The van der Waals surface area contributed by atoms with Crippen LogP contribution in [-0.2, 0) is 11.2 Å². The molecule has 3 aromatic heterocycles. The van der Waals surface area contributed by atoms with Crippen LogP contribution in [0.3, 0.4) is 0 Å². The normalized spacial score (nSPS) is 21.5. The van der Waals surface area contributed by atoms with Gasteiger partial charge in [0, 0.05) is 49.7 Å². The van der Waals surface area contributed by atoms with Crippen LogP contribution in [0.2, 0.25) is 0 Å². The summed E-state index contributed by atoms with van der Waals surface area (Å²) in [6.07, 6.45) is 5.02. The number of carbonyl (C=O) groups excluding carboxylic acids is 1. The Balaban J connectivity index is 0.00000136. The highest BCUT2D eigenvalue weighted by Gasteiger charge is 2.37. The first-order valence-corrected chi connectivity index (χ1v) is 10.2. The monoisotopic (exact) mass is 463 g/mol. The van der Waals surface area contributed by atoms with Gasteiger partial charge in [0.2, 0.25) is 5.91 Å². The third-order valence-electron chi connectivity index (χ3n) is 6.36. The summed E-state index contributed by atoms with van der Waals surface area (Å²) in [6.45, 7) is 4.26. The van der Waals surface area contributed by atoms with Crippen LogP contribution in [0.15, 0.2) is 47.5 Å². The van der Waals surface area contributed by atoms with Crippen LogP contribution in [-0.4, -0.2) is 39.5 Å². The van der Waals surface area contributed by atoms with Gasteiger partial charge >= 0.3 is 0 Å². The van der Waals surface area contributed by atoms with Gasteiger partial charge in [-0.15, -0.1) is 24.8 Å². The van der Waals surface area contributed by atoms with E-state index in [9.17, 15) is 9.59 Å². The predicted octanol–water partition coefficient (Wildman–Crippen LogP) is 2.25. The molecule has 0 saturated carbocycles. The van der Waals surface area contributed by atoms with Gasteiger partial charge in [-0.25, -0.2) is 4.98 Å². The largest absolute Gasteiger partial charge is 0.354 e. The Labute approximate surface area is 193 Å². The predicted molar refractivity (Wildman–Crippen MR) is 125 cm³/mol. The second kappa shape index (κ2) is 9.42. The van der Waals surface area contributed by atoms with Gasteiger partial charge in [0.05, 0.1) is 18.2 Å². The van der Waals surface area contributed by atoms with Crippen molar-refractivity contribution < 1.29 is 4.79 Å². The molecule has 31 heavy (non-hydrogen) atoms. The molecule has 2 aliphatic rings. The van der Waals surface area contributed by atoms with Gasteiger partial charge in [-0.2, -0.15) is 0 Å². The smallest absolute Gasteiger partial charge is 0.251 e. The first kappa shape index (κ1) is 23.3. The van der Waals surface area contributed by atoms with Crippen molar-refractivity contribution in [2.24, 2.45) is 5.92 Å². The molecule has 2 bridgehead atoms. The molecule has 1 amide bonds. The van der Waals surface area contributed by atoms with Gasteiger partial charge < -0.3 is 19.6 Å². The second-order valence-corrected chi connectivity index (χ2v) is 8.19. The highest BCUT2D eigenvalue weighted by Crippen LogP contribution is 2.38. The summed E-state index contributed by atoms with van der Waals surface area (Å²) in [6, 6.07) is 9.46. The van der Waals surface area contributed by atoms with Crippen molar-refractivity contribution in [3.8, 4) is 0 Å². The van der Waals surface area contributed by atoms with Crippen LogP contribution >= 0.6 is 24.8 Å². The third-order valence-corrected chi connectivity index (χ3v) is 6.36. The lowest BCUT2D eigenvalue weighted by Gasteiger charge is -2.43. The number of halogens is 2. The Kier molecular flexibility index (Phi) is 7.09. The first-order chi connectivity index (χ1) is 14.1. The number of amides is 1. The first-order valence-electron chi connectivity index (χ1n) is 10.2. The van der Waals surface area contributed by atoms with E-state index >= 15 is 0 Å². The summed E-state index contributed by atoms with van der Waals surface area (Å²) in [5.41, 5.74) is 3.92. The summed E-state index contributed by atoms with van der Waals surface area (Å²) in [5, 5.41) is 6.56. The molecule has 0 spiro atoms. The molecule has 7 nitrogen and oxygen atoms in total. The molecular formula is C22H27Cl2N5O2. The van der Waals surface area contributed by atoms with Crippen LogP contribution in [0.25, 0.3) is 5.65 Å². The van der Waals surface area contributed by atoms with Crippen LogP contribution in [0.1, 0.15) is 35.3 Å². The Bertz CT molecular complexity index is 1140. The minimum absolute atomic E-state index is 0. The standard InChI is InChI=1S/C22H25N5O2.2ClH/c1-14-4-3-7-26-17(12-25-22(14)26)9-20(28)24-13-19-16-8-15(10-23-11-16)18-5-2-6-21(29)27(18)19;;/h2-7,12,15-16,19,23H,8-11,13H2,1H3,(H,24,28);2*1H/t15-,16+,19+;;/m1../s1. The van der Waals surface area contributed by atoms with Crippen LogP contribution in [0.5, 0.6) is 0 Å². The molecule has 1 saturated heterocycles. The lowest BCUT2D eigenvalue weighted by molar-refractivity contribution is -0.120. The number of carbonyl (C=O) groups is 1. The molecule has 1 fully saturated rings. The minimum Gasteiger partial charge on any atom is -0.354 e. The lowest BCUT2D eigenvalue weighted by Crippen LogP contribution is -2.50. The topological polar surface area (TPSA) is 80.4 Å². The van der Waals surface area contributed by atoms with E-state index in [0.29, 0.717) is 18.4 Å². The number of aromatic nitrogens is 3. The van der Waals surface area contributed by atoms with Crippen molar-refractivity contribution in [2.75, 3.05) is 19.6 Å². The van der Waals surface area contributed by atoms with E-state index in [1.807, 2.05) is 46.4 Å². The van der Waals surface area contributed by atoms with Gasteiger partial charge in [0.15, 0.2) is 0 Å². The van der Waals surface area contributed by atoms with Gasteiger partial charge in [-0.1, -0.05) is 12.1 Å². The fraction of sp³-hybridized carbons (Fsp3) is 0.409. The quantitative estimate of drug-likeness (QED) is 0.621. The Morgan fingerprint density at radius 2 is 2.06 bits per heavy atom. The molecular weight excluding hydrogens is 437 g/mol. The third kappa shape index (κ3) is 4.22. The molecule has 3 atom stereocenters. The number of aryl methyl sites for hydroxylation is 1. The van der Waals surface area contributed by atoms with Crippen molar-refractivity contribution in [1.29, 1.82) is 0 Å². The van der Waals surface area contributed by atoms with E-state index < -0.39 is 0 Å². The maximum atomic E-state index is 12.7. The van der Waals surface area contributed by atoms with Crippen molar-refractivity contribution in [3.05, 3.63) is 70.0 Å². The number of rotatable bonds is 4. The van der Waals surface area contributed by atoms with Crippen molar-refractivity contribution in [1.82, 2.24) is 24.6 Å². The summed E-state index contributed by atoms with van der Waals surface area (Å²) < 4.78 is 3.88.